The Balaban J connectivity index is 0.00000325. The SMILES string of the molecule is Cc1ccccc1-c1cn2c(n1)c1[c-]c(Oc3[c-]c4c(cc3)c3cccc5c6c(C(C)(C)C)ccnc6n4c35)ccc1c1cccnc12.[Pt+2]. The summed E-state index contributed by atoms with van der Waals surface area (Å²) in [7, 11) is 0. The van der Waals surface area contributed by atoms with Crippen molar-refractivity contribution in [3.63, 3.8) is 0 Å². The first-order valence-corrected chi connectivity index (χ1v) is 16.2. The number of hydrogen-bond donors (Lipinski definition) is 0. The number of nitrogens with zero attached hydrogens (tertiary/aromatic N) is 5. The van der Waals surface area contributed by atoms with Crippen molar-refractivity contribution in [2.24, 2.45) is 0 Å². The maximum atomic E-state index is 6.55. The van der Waals surface area contributed by atoms with Gasteiger partial charge in [0.15, 0.2) is 0 Å². The summed E-state index contributed by atoms with van der Waals surface area (Å²) in [5, 5.41) is 7.65. The first kappa shape index (κ1) is 29.8. The minimum absolute atomic E-state index is 0. The first-order chi connectivity index (χ1) is 23.3. The quantitative estimate of drug-likeness (QED) is 0.132. The number of imidazole rings is 1. The molecule has 0 amide bonds. The Hall–Kier alpha value is -5.32. The third-order valence-corrected chi connectivity index (χ3v) is 9.69. The van der Waals surface area contributed by atoms with E-state index in [2.05, 4.69) is 109 Å². The molecule has 10 rings (SSSR count). The number of aryl methyl sites for hydroxylation is 1. The number of pyridine rings is 3. The number of rotatable bonds is 3. The summed E-state index contributed by atoms with van der Waals surface area (Å²) in [5.41, 5.74) is 9.12. The van der Waals surface area contributed by atoms with Crippen LogP contribution in [0.2, 0.25) is 0 Å². The van der Waals surface area contributed by atoms with Crippen LogP contribution < -0.4 is 4.74 Å². The molecule has 0 aliphatic heterocycles. The Morgan fingerprint density at radius 1 is 0.673 bits per heavy atom. The van der Waals surface area contributed by atoms with Crippen LogP contribution in [-0.2, 0) is 26.5 Å². The van der Waals surface area contributed by atoms with E-state index in [1.165, 1.54) is 32.8 Å². The van der Waals surface area contributed by atoms with E-state index < -0.39 is 0 Å². The normalized spacial score (nSPS) is 12.3. The molecule has 6 aromatic heterocycles. The molecule has 0 aliphatic rings. The van der Waals surface area contributed by atoms with E-state index in [1.807, 2.05) is 42.7 Å². The molecule has 238 valence electrons. The Morgan fingerprint density at radius 3 is 2.27 bits per heavy atom. The number of fused-ring (bicyclic) bond motifs is 12. The number of para-hydroxylation sites is 1. The Labute approximate surface area is 296 Å². The summed E-state index contributed by atoms with van der Waals surface area (Å²) in [6.45, 7) is 8.88. The molecule has 4 aromatic carbocycles. The van der Waals surface area contributed by atoms with Crippen LogP contribution in [-0.4, -0.2) is 23.8 Å². The van der Waals surface area contributed by atoms with Gasteiger partial charge in [-0.25, -0.2) is 9.97 Å². The van der Waals surface area contributed by atoms with E-state index in [4.69, 9.17) is 19.7 Å². The van der Waals surface area contributed by atoms with Crippen molar-refractivity contribution in [2.45, 2.75) is 33.1 Å². The summed E-state index contributed by atoms with van der Waals surface area (Å²) in [6.07, 6.45) is 5.82. The van der Waals surface area contributed by atoms with Gasteiger partial charge >= 0.3 is 21.1 Å². The number of hydrogen-bond acceptors (Lipinski definition) is 4. The molecule has 10 aromatic rings. The topological polar surface area (TPSA) is 56.7 Å². The molecule has 0 spiro atoms. The monoisotopic (exact) mass is 814 g/mol. The van der Waals surface area contributed by atoms with E-state index in [0.717, 1.165) is 55.3 Å². The van der Waals surface area contributed by atoms with Crippen molar-refractivity contribution in [1.29, 1.82) is 0 Å². The second-order valence-corrected chi connectivity index (χ2v) is 13.7. The third kappa shape index (κ3) is 4.27. The summed E-state index contributed by atoms with van der Waals surface area (Å²) in [6, 6.07) is 36.4. The predicted octanol–water partition coefficient (Wildman–Crippen LogP) is 10.2. The molecule has 0 bridgehead atoms. The minimum Gasteiger partial charge on any atom is -0.503 e. The van der Waals surface area contributed by atoms with Crippen LogP contribution in [0.15, 0.2) is 104 Å². The molecule has 0 unspecified atom stereocenters. The van der Waals surface area contributed by atoms with E-state index in [-0.39, 0.29) is 26.5 Å². The summed E-state index contributed by atoms with van der Waals surface area (Å²) in [4.78, 5) is 14.8. The van der Waals surface area contributed by atoms with Gasteiger partial charge < -0.3 is 13.5 Å². The molecule has 0 saturated heterocycles. The zero-order chi connectivity index (χ0) is 32.3. The largest absolute Gasteiger partial charge is 2.00 e. The van der Waals surface area contributed by atoms with Gasteiger partial charge in [-0.3, -0.25) is 4.98 Å². The van der Waals surface area contributed by atoms with Gasteiger partial charge in [-0.2, -0.15) is 6.07 Å². The second kappa shape index (κ2) is 10.6. The van der Waals surface area contributed by atoms with Crippen molar-refractivity contribution in [2.75, 3.05) is 0 Å². The van der Waals surface area contributed by atoms with Gasteiger partial charge in [0.05, 0.1) is 11.3 Å². The molecule has 0 atom stereocenters. The molecule has 6 heterocycles. The molecular weight excluding hydrogens is 786 g/mol. The molecule has 0 N–H and O–H groups in total. The van der Waals surface area contributed by atoms with Crippen LogP contribution in [0.1, 0.15) is 31.9 Å². The minimum atomic E-state index is -0.0265. The Bertz CT molecular complexity index is 2930. The fourth-order valence-corrected chi connectivity index (χ4v) is 7.52. The Morgan fingerprint density at radius 2 is 1.43 bits per heavy atom. The maximum Gasteiger partial charge on any atom is 2.00 e. The van der Waals surface area contributed by atoms with Crippen molar-refractivity contribution < 1.29 is 25.8 Å². The van der Waals surface area contributed by atoms with Crippen LogP contribution in [0.25, 0.3) is 76.9 Å². The van der Waals surface area contributed by atoms with Crippen LogP contribution in [0.4, 0.5) is 0 Å². The number of benzene rings is 4. The molecule has 0 fully saturated rings. The van der Waals surface area contributed by atoms with Gasteiger partial charge in [0.1, 0.15) is 11.3 Å². The standard InChI is InChI=1S/C42H29N5O.Pt/c1-24-9-5-6-10-27(24)35-23-46-39-31(13-8-19-43-39)28-16-14-25(21-33(28)40(46)45-35)48-26-15-17-29-30-11-7-12-32-37-34(42(2,3)4)18-20-44-41(37)47(38(30)32)36(29)22-26;/h5-20,23H,1-4H3;/q-2;+2. The van der Waals surface area contributed by atoms with Gasteiger partial charge in [0.2, 0.25) is 0 Å². The molecule has 0 aliphatic carbocycles. The summed E-state index contributed by atoms with van der Waals surface area (Å²) < 4.78 is 10.9. The van der Waals surface area contributed by atoms with E-state index in [0.29, 0.717) is 11.5 Å². The fourth-order valence-electron chi connectivity index (χ4n) is 7.52. The van der Waals surface area contributed by atoms with Crippen LogP contribution in [0, 0.1) is 19.1 Å². The summed E-state index contributed by atoms with van der Waals surface area (Å²) in [5.74, 6) is 1.21. The number of ether oxygens (including phenoxy) is 1. The van der Waals surface area contributed by atoms with Gasteiger partial charge in [0.25, 0.3) is 0 Å². The molecule has 0 radical (unpaired) electrons. The third-order valence-electron chi connectivity index (χ3n) is 9.69. The van der Waals surface area contributed by atoms with Gasteiger partial charge in [-0.05, 0) is 46.4 Å². The van der Waals surface area contributed by atoms with E-state index in [9.17, 15) is 0 Å². The molecule has 0 saturated carbocycles. The van der Waals surface area contributed by atoms with Gasteiger partial charge in [-0.15, -0.1) is 29.7 Å². The molecule has 7 heteroatoms. The average Bonchev–Trinajstić information content (AvgIpc) is 3.78. The van der Waals surface area contributed by atoms with Gasteiger partial charge in [-0.1, -0.05) is 91.7 Å². The second-order valence-electron chi connectivity index (χ2n) is 13.7. The van der Waals surface area contributed by atoms with Crippen molar-refractivity contribution in [3.05, 3.63) is 127 Å². The van der Waals surface area contributed by atoms with E-state index >= 15 is 0 Å². The van der Waals surface area contributed by atoms with Crippen LogP contribution in [0.3, 0.4) is 0 Å². The summed E-state index contributed by atoms with van der Waals surface area (Å²) >= 11 is 0. The average molecular weight is 815 g/mol. The maximum absolute atomic E-state index is 6.55. The van der Waals surface area contributed by atoms with Gasteiger partial charge in [0, 0.05) is 51.9 Å². The van der Waals surface area contributed by atoms with E-state index in [1.54, 1.807) is 0 Å². The molecular formula is C42H29N5OPt. The first-order valence-electron chi connectivity index (χ1n) is 16.2. The fraction of sp³-hybridized carbons (Fsp3) is 0.119. The van der Waals surface area contributed by atoms with Crippen LogP contribution >= 0.6 is 0 Å². The predicted molar refractivity (Wildman–Crippen MR) is 194 cm³/mol. The molecule has 6 nitrogen and oxygen atoms in total. The van der Waals surface area contributed by atoms with Crippen molar-refractivity contribution in [3.8, 4) is 22.8 Å². The number of aromatic nitrogens is 5. The van der Waals surface area contributed by atoms with Crippen molar-refractivity contribution >= 4 is 65.7 Å². The zero-order valence-corrected chi connectivity index (χ0v) is 29.5. The van der Waals surface area contributed by atoms with Crippen LogP contribution in [0.5, 0.6) is 11.5 Å². The zero-order valence-electron chi connectivity index (χ0n) is 27.3. The van der Waals surface area contributed by atoms with Crippen molar-refractivity contribution in [1.82, 2.24) is 23.8 Å². The molecule has 49 heavy (non-hydrogen) atoms. The Kier molecular flexibility index (Phi) is 6.44. The smallest absolute Gasteiger partial charge is 0.503 e.